The van der Waals surface area contributed by atoms with Crippen LogP contribution in [0, 0.1) is 0 Å². The number of allylic oxidation sites excluding steroid dienone is 1. The molecule has 0 spiro atoms. The summed E-state index contributed by atoms with van der Waals surface area (Å²) in [5.41, 5.74) is 19.3. The molecule has 0 atom stereocenters. The summed E-state index contributed by atoms with van der Waals surface area (Å²) in [5.74, 6) is 0. The van der Waals surface area contributed by atoms with Gasteiger partial charge in [0.05, 0.1) is 11.0 Å². The lowest BCUT2D eigenvalue weighted by Gasteiger charge is -2.27. The first-order valence-corrected chi connectivity index (χ1v) is 23.7. The molecule has 0 saturated heterocycles. The molecule has 0 radical (unpaired) electrons. The Hall–Kier alpha value is -8.72. The number of hydrogen-bond acceptors (Lipinski definition) is 1. The van der Waals surface area contributed by atoms with Gasteiger partial charge in [-0.1, -0.05) is 194 Å². The zero-order valence-corrected chi connectivity index (χ0v) is 37.6. The molecular formula is C66H46N2. The SMILES string of the molecule is C1=Cc2c(cccc2-c2ccc(N(c3ccc(-c4ccc5c(ccc6ccccc65)c4)cc3)c3cccc(-c4cccc5c4c4cccc(-c6ccccc6)c4n5-c4ccccc4)c3)cc2)CC1. The summed E-state index contributed by atoms with van der Waals surface area (Å²) in [6.45, 7) is 0. The fourth-order valence-corrected chi connectivity index (χ4v) is 10.8. The third-order valence-corrected chi connectivity index (χ3v) is 14.0. The van der Waals surface area contributed by atoms with Crippen molar-refractivity contribution in [2.45, 2.75) is 12.8 Å². The average Bonchev–Trinajstić information content (AvgIpc) is 3.76. The van der Waals surface area contributed by atoms with Gasteiger partial charge in [0.2, 0.25) is 0 Å². The largest absolute Gasteiger partial charge is 0.310 e. The van der Waals surface area contributed by atoms with E-state index in [1.54, 1.807) is 0 Å². The van der Waals surface area contributed by atoms with Crippen LogP contribution in [0.1, 0.15) is 17.5 Å². The number of anilines is 3. The number of para-hydroxylation sites is 2. The van der Waals surface area contributed by atoms with Gasteiger partial charge in [0.25, 0.3) is 0 Å². The summed E-state index contributed by atoms with van der Waals surface area (Å²) in [6, 6.07) is 89.2. The second-order valence-electron chi connectivity index (χ2n) is 18.0. The molecule has 0 saturated carbocycles. The molecule has 2 heteroatoms. The molecule has 1 aliphatic rings. The van der Waals surface area contributed by atoms with Gasteiger partial charge < -0.3 is 9.47 Å². The molecule has 320 valence electrons. The number of hydrogen-bond donors (Lipinski definition) is 0. The number of rotatable bonds is 8. The topological polar surface area (TPSA) is 8.17 Å². The van der Waals surface area contributed by atoms with Crippen LogP contribution in [0.4, 0.5) is 17.1 Å². The Bertz CT molecular complexity index is 3880. The van der Waals surface area contributed by atoms with E-state index >= 15 is 0 Å². The molecule has 11 aromatic carbocycles. The molecule has 0 unspecified atom stereocenters. The van der Waals surface area contributed by atoms with Gasteiger partial charge in [-0.15, -0.1) is 0 Å². The lowest BCUT2D eigenvalue weighted by molar-refractivity contribution is 0.986. The first-order chi connectivity index (χ1) is 33.7. The minimum Gasteiger partial charge on any atom is -0.310 e. The lowest BCUT2D eigenvalue weighted by atomic mass is 9.90. The predicted octanol–water partition coefficient (Wildman–Crippen LogP) is 18.2. The van der Waals surface area contributed by atoms with Crippen LogP contribution in [0.5, 0.6) is 0 Å². The Morgan fingerprint density at radius 3 is 1.82 bits per heavy atom. The molecular weight excluding hydrogens is 821 g/mol. The van der Waals surface area contributed by atoms with Crippen LogP contribution in [0.2, 0.25) is 0 Å². The second-order valence-corrected chi connectivity index (χ2v) is 18.0. The van der Waals surface area contributed by atoms with E-state index in [9.17, 15) is 0 Å². The Labute approximate surface area is 397 Å². The van der Waals surface area contributed by atoms with E-state index in [1.165, 1.54) is 93.4 Å². The standard InChI is InChI=1S/C66H46N2/c1-3-15-47(16-4-1)62-28-13-29-63-65-61(27-14-30-64(65)68(66(62)63)53-21-5-2-6-22-53)51-20-11-23-56(44-51)67(55-40-35-49(36-41-55)59-26-12-19-46-17-7-9-24-57(46)59)54-38-33-45(34-39-54)50-37-42-60-52(43-50)32-31-48-18-8-10-25-58(48)60/h1-6,8-16,18-44H,7,17H2. The van der Waals surface area contributed by atoms with E-state index in [2.05, 4.69) is 264 Å². The van der Waals surface area contributed by atoms with Crippen LogP contribution in [0.25, 0.3) is 99.6 Å². The highest BCUT2D eigenvalue weighted by atomic mass is 15.1. The maximum atomic E-state index is 2.45. The fraction of sp³-hybridized carbons (Fsp3) is 0.0303. The summed E-state index contributed by atoms with van der Waals surface area (Å²) >= 11 is 0. The molecule has 13 rings (SSSR count). The van der Waals surface area contributed by atoms with Crippen LogP contribution in [-0.2, 0) is 6.42 Å². The van der Waals surface area contributed by atoms with Gasteiger partial charge in [0.1, 0.15) is 0 Å². The molecule has 2 nitrogen and oxygen atoms in total. The van der Waals surface area contributed by atoms with Crippen molar-refractivity contribution in [1.29, 1.82) is 0 Å². The smallest absolute Gasteiger partial charge is 0.0619 e. The minimum absolute atomic E-state index is 1.09. The maximum Gasteiger partial charge on any atom is 0.0619 e. The van der Waals surface area contributed by atoms with Crippen molar-refractivity contribution in [3.63, 3.8) is 0 Å². The molecule has 12 aromatic rings. The number of aryl methyl sites for hydroxylation is 1. The third-order valence-electron chi connectivity index (χ3n) is 14.0. The van der Waals surface area contributed by atoms with Crippen molar-refractivity contribution < 1.29 is 0 Å². The Kier molecular flexibility index (Phi) is 9.68. The molecule has 1 heterocycles. The minimum atomic E-state index is 1.09. The third kappa shape index (κ3) is 6.81. The Morgan fingerprint density at radius 2 is 0.985 bits per heavy atom. The van der Waals surface area contributed by atoms with Crippen LogP contribution in [-0.4, -0.2) is 4.57 Å². The zero-order valence-electron chi connectivity index (χ0n) is 37.6. The summed E-state index contributed by atoms with van der Waals surface area (Å²) in [6.07, 6.45) is 6.79. The van der Waals surface area contributed by atoms with Crippen LogP contribution >= 0.6 is 0 Å². The number of aromatic nitrogens is 1. The predicted molar refractivity (Wildman–Crippen MR) is 290 cm³/mol. The first kappa shape index (κ1) is 39.6. The van der Waals surface area contributed by atoms with Gasteiger partial charge in [0, 0.05) is 39.1 Å². The highest BCUT2D eigenvalue weighted by Gasteiger charge is 2.21. The second kappa shape index (κ2) is 16.6. The van der Waals surface area contributed by atoms with Crippen LogP contribution in [0.15, 0.2) is 249 Å². The van der Waals surface area contributed by atoms with E-state index in [-0.39, 0.29) is 0 Å². The van der Waals surface area contributed by atoms with E-state index in [0.717, 1.165) is 41.2 Å². The van der Waals surface area contributed by atoms with Crippen molar-refractivity contribution in [2.24, 2.45) is 0 Å². The van der Waals surface area contributed by atoms with Crippen molar-refractivity contribution in [2.75, 3.05) is 4.90 Å². The number of fused-ring (bicyclic) bond motifs is 7. The van der Waals surface area contributed by atoms with Gasteiger partial charge in [-0.05, 0) is 145 Å². The molecule has 0 bridgehead atoms. The summed E-state index contributed by atoms with van der Waals surface area (Å²) in [7, 11) is 0. The molecule has 0 fully saturated rings. The molecule has 0 amide bonds. The molecule has 1 aliphatic carbocycles. The van der Waals surface area contributed by atoms with Crippen molar-refractivity contribution in [3.05, 3.63) is 260 Å². The monoisotopic (exact) mass is 866 g/mol. The average molecular weight is 867 g/mol. The van der Waals surface area contributed by atoms with Gasteiger partial charge in [-0.25, -0.2) is 0 Å². The number of benzene rings is 11. The summed E-state index contributed by atoms with van der Waals surface area (Å²) < 4.78 is 2.45. The molecule has 0 aliphatic heterocycles. The zero-order chi connectivity index (χ0) is 45.0. The van der Waals surface area contributed by atoms with Gasteiger partial charge >= 0.3 is 0 Å². The number of nitrogens with zero attached hydrogens (tertiary/aromatic N) is 2. The van der Waals surface area contributed by atoms with E-state index in [4.69, 9.17) is 0 Å². The lowest BCUT2D eigenvalue weighted by Crippen LogP contribution is -2.10. The molecule has 1 aromatic heterocycles. The van der Waals surface area contributed by atoms with Crippen molar-refractivity contribution in [3.8, 4) is 50.2 Å². The van der Waals surface area contributed by atoms with Gasteiger partial charge in [-0.3, -0.25) is 0 Å². The first-order valence-electron chi connectivity index (χ1n) is 23.7. The van der Waals surface area contributed by atoms with Crippen LogP contribution < -0.4 is 4.90 Å². The molecule has 68 heavy (non-hydrogen) atoms. The molecule has 0 N–H and O–H groups in total. The van der Waals surface area contributed by atoms with Gasteiger partial charge in [-0.2, -0.15) is 0 Å². The normalized spacial score (nSPS) is 12.2. The van der Waals surface area contributed by atoms with Crippen molar-refractivity contribution in [1.82, 2.24) is 4.57 Å². The van der Waals surface area contributed by atoms with E-state index in [1.807, 2.05) is 0 Å². The van der Waals surface area contributed by atoms with Gasteiger partial charge in [0.15, 0.2) is 0 Å². The fourth-order valence-electron chi connectivity index (χ4n) is 10.8. The Balaban J connectivity index is 0.954. The van der Waals surface area contributed by atoms with E-state index < -0.39 is 0 Å². The highest BCUT2D eigenvalue weighted by Crippen LogP contribution is 2.45. The van der Waals surface area contributed by atoms with E-state index in [0.29, 0.717) is 0 Å². The highest BCUT2D eigenvalue weighted by molar-refractivity contribution is 6.19. The van der Waals surface area contributed by atoms with Crippen molar-refractivity contribution >= 4 is 66.5 Å². The maximum absolute atomic E-state index is 2.45. The Morgan fingerprint density at radius 1 is 0.368 bits per heavy atom. The summed E-state index contributed by atoms with van der Waals surface area (Å²) in [4.78, 5) is 2.41. The summed E-state index contributed by atoms with van der Waals surface area (Å²) in [5, 5.41) is 7.55. The van der Waals surface area contributed by atoms with Crippen LogP contribution in [0.3, 0.4) is 0 Å². The quantitative estimate of drug-likeness (QED) is 0.138.